The molecule has 0 aromatic rings. The van der Waals surface area contributed by atoms with Gasteiger partial charge >= 0.3 is 38.8 Å². The Bertz CT molecular complexity index is 96.2. The van der Waals surface area contributed by atoms with Crippen LogP contribution in [-0.2, 0) is 60.1 Å². The monoisotopic (exact) mass is 239 g/mol. The van der Waals surface area contributed by atoms with Crippen LogP contribution in [0.5, 0.6) is 0 Å². The minimum atomic E-state index is -5.17. The van der Waals surface area contributed by atoms with Gasteiger partial charge < -0.3 is 20.1 Å². The maximum Gasteiger partial charge on any atom is 4.00 e. The van der Waals surface area contributed by atoms with Gasteiger partial charge in [0.1, 0.15) is 0 Å². The van der Waals surface area contributed by atoms with Crippen LogP contribution < -0.4 is 0 Å². The van der Waals surface area contributed by atoms with Crippen LogP contribution in [0, 0.1) is 0 Å². The van der Waals surface area contributed by atoms with Crippen LogP contribution in [0.15, 0.2) is 0 Å². The van der Waals surface area contributed by atoms with Gasteiger partial charge in [-0.3, -0.25) is 8.42 Å². The summed E-state index contributed by atoms with van der Waals surface area (Å²) in [6.45, 7) is 0. The predicted molar refractivity (Wildman–Crippen MR) is 11.8 cm³/mol. The summed E-state index contributed by atoms with van der Waals surface area (Å²) in [6, 6.07) is 0. The Labute approximate surface area is 77.6 Å². The number of hydrogen-bond acceptors (Lipinski definition) is 4. The van der Waals surface area contributed by atoms with E-state index in [9.17, 15) is 0 Å². The van der Waals surface area contributed by atoms with Crippen LogP contribution in [0.2, 0.25) is 0 Å². The van der Waals surface area contributed by atoms with Gasteiger partial charge in [0.15, 0.2) is 0 Å². The van der Waals surface area contributed by atoms with E-state index in [4.69, 9.17) is 17.5 Å². The molecule has 0 aromatic carbocycles. The van der Waals surface area contributed by atoms with E-state index in [0.29, 0.717) is 0 Å². The van der Waals surface area contributed by atoms with E-state index in [1.165, 1.54) is 0 Å². The molecule has 0 atom stereocenters. The molecule has 0 heterocycles. The van der Waals surface area contributed by atoms with Crippen LogP contribution >= 0.6 is 0 Å². The van der Waals surface area contributed by atoms with Gasteiger partial charge in [0.05, 0.1) is 0 Å². The average Bonchev–Trinajstić information content (AvgIpc) is 0.722. The first-order chi connectivity index (χ1) is 2.00. The summed E-state index contributed by atoms with van der Waals surface area (Å²) >= 11 is 0. The molecule has 0 bridgehead atoms. The summed E-state index contributed by atoms with van der Waals surface area (Å²) in [4.78, 5) is 0. The summed E-state index contributed by atoms with van der Waals surface area (Å²) in [6.07, 6.45) is 0. The van der Waals surface area contributed by atoms with Crippen molar-refractivity contribution in [3.8, 4) is 0 Å². The maximum absolute atomic E-state index is 8.52. The molecule has 0 amide bonds. The van der Waals surface area contributed by atoms with Crippen molar-refractivity contribution in [3.63, 3.8) is 0 Å². The van der Waals surface area contributed by atoms with Crippen molar-refractivity contribution < 1.29 is 67.3 Å². The Kier molecular flexibility index (Phi) is 42.3. The van der Waals surface area contributed by atoms with Crippen LogP contribution in [-0.4, -0.2) is 17.5 Å². The van der Waals surface area contributed by atoms with E-state index in [-0.39, 0.29) is 49.7 Å². The topological polar surface area (TPSA) is 137 Å². The molecule has 0 N–H and O–H groups in total. The van der Waals surface area contributed by atoms with Gasteiger partial charge in [-0.05, 0) is 0 Å². The molecule has 6 nitrogen and oxygen atoms in total. The molecule has 0 fully saturated rings. The SMILES string of the molecule is O=S(=O)([O-])[O-].[Cu+2].[O-2].[O-2].[Ti+4]. The van der Waals surface area contributed by atoms with E-state index in [0.717, 1.165) is 0 Å². The predicted octanol–water partition coefficient (Wildman–Crippen LogP) is -1.58. The molecular formula is CuO6STi. The number of hydrogen-bond donors (Lipinski definition) is 0. The van der Waals surface area contributed by atoms with Gasteiger partial charge in [0.25, 0.3) is 0 Å². The van der Waals surface area contributed by atoms with Crippen LogP contribution in [0.25, 0.3) is 0 Å². The zero-order valence-electron chi connectivity index (χ0n) is 3.66. The molecule has 0 saturated carbocycles. The van der Waals surface area contributed by atoms with Gasteiger partial charge in [-0.15, -0.1) is 0 Å². The second-order valence-electron chi connectivity index (χ2n) is 0.408. The molecule has 0 aliphatic carbocycles. The quantitative estimate of drug-likeness (QED) is 0.286. The molecular weight excluding hydrogens is 239 g/mol. The zero-order chi connectivity index (χ0) is 4.50. The van der Waals surface area contributed by atoms with Crippen LogP contribution in [0.4, 0.5) is 0 Å². The summed E-state index contributed by atoms with van der Waals surface area (Å²) in [5, 5.41) is 0. The Morgan fingerprint density at radius 3 is 1.00 bits per heavy atom. The first-order valence-electron chi connectivity index (χ1n) is 0.667. The fourth-order valence-corrected chi connectivity index (χ4v) is 0. The van der Waals surface area contributed by atoms with E-state index in [1.54, 1.807) is 0 Å². The third-order valence-electron chi connectivity index (χ3n) is 0. The fraction of sp³-hybridized carbons (Fsp3) is 0. The minimum absolute atomic E-state index is 0. The van der Waals surface area contributed by atoms with E-state index in [1.807, 2.05) is 0 Å². The van der Waals surface area contributed by atoms with Gasteiger partial charge in [-0.1, -0.05) is 0 Å². The van der Waals surface area contributed by atoms with Gasteiger partial charge in [0.2, 0.25) is 0 Å². The molecule has 0 rings (SSSR count). The molecule has 0 unspecified atom stereocenters. The first-order valence-corrected chi connectivity index (χ1v) is 2.00. The van der Waals surface area contributed by atoms with E-state index in [2.05, 4.69) is 0 Å². The van der Waals surface area contributed by atoms with Crippen LogP contribution in [0.1, 0.15) is 0 Å². The normalized spacial score (nSPS) is 6.44. The van der Waals surface area contributed by atoms with Crippen molar-refractivity contribution in [1.29, 1.82) is 0 Å². The third kappa shape index (κ3) is 425. The molecule has 9 heteroatoms. The Morgan fingerprint density at radius 1 is 1.00 bits per heavy atom. The summed E-state index contributed by atoms with van der Waals surface area (Å²) in [7, 11) is -5.17. The molecule has 0 aliphatic rings. The minimum Gasteiger partial charge on any atom is -2.00 e. The molecule has 0 aromatic heterocycles. The largest absolute Gasteiger partial charge is 4.00 e. The standard InChI is InChI=1S/Cu.H2O4S.2O.Ti/c;1-5(2,3)4;;;/h;(H2,1,2,3,4);;;/q+2;;2*-2;+4/p-2. The molecule has 0 aliphatic heterocycles. The molecule has 0 saturated heterocycles. The summed E-state index contributed by atoms with van der Waals surface area (Å²) in [5.41, 5.74) is 0. The number of rotatable bonds is 0. The molecule has 0 spiro atoms. The van der Waals surface area contributed by atoms with Gasteiger partial charge in [-0.2, -0.15) is 0 Å². The van der Waals surface area contributed by atoms with Crippen LogP contribution in [0.3, 0.4) is 0 Å². The van der Waals surface area contributed by atoms with Crippen molar-refractivity contribution in [1.82, 2.24) is 0 Å². The van der Waals surface area contributed by atoms with E-state index < -0.39 is 10.4 Å². The molecule has 1 radical (unpaired) electrons. The van der Waals surface area contributed by atoms with Crippen molar-refractivity contribution in [2.45, 2.75) is 0 Å². The average molecular weight is 239 g/mol. The second-order valence-corrected chi connectivity index (χ2v) is 1.22. The van der Waals surface area contributed by atoms with Crippen molar-refractivity contribution in [3.05, 3.63) is 0 Å². The fourth-order valence-electron chi connectivity index (χ4n) is 0. The van der Waals surface area contributed by atoms with Crippen molar-refractivity contribution in [2.75, 3.05) is 0 Å². The summed E-state index contributed by atoms with van der Waals surface area (Å²) < 4.78 is 34.1. The first kappa shape index (κ1) is 32.3. The Hall–Kier alpha value is 1.02. The zero-order valence-corrected chi connectivity index (χ0v) is 6.98. The van der Waals surface area contributed by atoms with Crippen molar-refractivity contribution >= 4 is 10.4 Å². The summed E-state index contributed by atoms with van der Waals surface area (Å²) in [5.74, 6) is 0. The molecule has 9 heavy (non-hydrogen) atoms. The third-order valence-corrected chi connectivity index (χ3v) is 0. The van der Waals surface area contributed by atoms with Gasteiger partial charge in [0, 0.05) is 10.4 Å². The van der Waals surface area contributed by atoms with Crippen molar-refractivity contribution in [2.24, 2.45) is 0 Å². The smallest absolute Gasteiger partial charge is 2.00 e. The second kappa shape index (κ2) is 11.8. The Morgan fingerprint density at radius 2 is 1.00 bits per heavy atom. The maximum atomic E-state index is 8.52. The van der Waals surface area contributed by atoms with E-state index >= 15 is 0 Å². The Balaban J connectivity index is -0.0000000133. The van der Waals surface area contributed by atoms with Gasteiger partial charge in [-0.25, -0.2) is 0 Å². The molecule has 57 valence electrons.